The van der Waals surface area contributed by atoms with Crippen molar-refractivity contribution in [2.24, 2.45) is 0 Å². The van der Waals surface area contributed by atoms with E-state index < -0.39 is 21.2 Å². The molecule has 0 saturated carbocycles. The van der Waals surface area contributed by atoms with Crippen LogP contribution in [-0.2, 0) is 14.8 Å². The molecule has 2 unspecified atom stereocenters. The third-order valence-corrected chi connectivity index (χ3v) is 4.24. The Balaban J connectivity index is 2.58. The lowest BCUT2D eigenvalue weighted by Crippen LogP contribution is -2.49. The molecule has 15 heavy (non-hydrogen) atoms. The first-order valence-electron chi connectivity index (χ1n) is 4.88. The molecule has 0 aromatic heterocycles. The van der Waals surface area contributed by atoms with Crippen molar-refractivity contribution in [1.29, 1.82) is 0 Å². The van der Waals surface area contributed by atoms with Crippen molar-refractivity contribution >= 4 is 16.0 Å². The molecule has 1 rings (SSSR count). The molecule has 1 saturated heterocycles. The van der Waals surface area contributed by atoms with Crippen LogP contribution < -0.4 is 10.0 Å². The van der Waals surface area contributed by atoms with Crippen molar-refractivity contribution in [2.45, 2.75) is 31.1 Å². The number of carboxylic acid groups (broad SMARTS) is 1. The topological polar surface area (TPSA) is 95.5 Å². The van der Waals surface area contributed by atoms with Gasteiger partial charge in [-0.2, -0.15) is 0 Å². The van der Waals surface area contributed by atoms with Gasteiger partial charge < -0.3 is 10.4 Å². The van der Waals surface area contributed by atoms with Crippen molar-refractivity contribution in [1.82, 2.24) is 10.0 Å². The van der Waals surface area contributed by atoms with Gasteiger partial charge in [0, 0.05) is 12.6 Å². The van der Waals surface area contributed by atoms with E-state index in [4.69, 9.17) is 5.11 Å². The average Bonchev–Trinajstić information content (AvgIpc) is 2.17. The van der Waals surface area contributed by atoms with Gasteiger partial charge in [-0.25, -0.2) is 13.1 Å². The second kappa shape index (κ2) is 4.91. The summed E-state index contributed by atoms with van der Waals surface area (Å²) < 4.78 is 25.4. The van der Waals surface area contributed by atoms with Crippen LogP contribution in [0.4, 0.5) is 0 Å². The molecule has 6 nitrogen and oxygen atoms in total. The maximum Gasteiger partial charge on any atom is 0.323 e. The quantitative estimate of drug-likeness (QED) is 0.590. The number of piperidine rings is 1. The molecule has 0 aliphatic carbocycles. The van der Waals surface area contributed by atoms with Gasteiger partial charge in [0.25, 0.3) is 0 Å². The van der Waals surface area contributed by atoms with Gasteiger partial charge in [-0.3, -0.25) is 4.79 Å². The summed E-state index contributed by atoms with van der Waals surface area (Å²) in [5.41, 5.74) is 0. The zero-order valence-electron chi connectivity index (χ0n) is 8.56. The molecular weight excluding hydrogens is 220 g/mol. The summed E-state index contributed by atoms with van der Waals surface area (Å²) in [6, 6.07) is -0.189. The molecule has 2 atom stereocenters. The van der Waals surface area contributed by atoms with Gasteiger partial charge in [-0.15, -0.1) is 0 Å². The standard InChI is InChI=1S/C8H16N2O4S/c1-6(8(11)12)15(13,14)10-7-3-2-4-9-5-7/h6-7,9-10H,2-5H2,1H3,(H,11,12). The van der Waals surface area contributed by atoms with E-state index in [1.165, 1.54) is 6.92 Å². The van der Waals surface area contributed by atoms with Gasteiger partial charge in [0.05, 0.1) is 0 Å². The molecule has 88 valence electrons. The summed E-state index contributed by atoms with van der Waals surface area (Å²) in [5.74, 6) is -1.33. The van der Waals surface area contributed by atoms with E-state index in [0.717, 1.165) is 19.4 Å². The molecule has 1 aliphatic rings. The number of rotatable bonds is 4. The summed E-state index contributed by atoms with van der Waals surface area (Å²) in [5, 5.41) is 10.3. The molecule has 0 aromatic carbocycles. The minimum absolute atomic E-state index is 0.189. The largest absolute Gasteiger partial charge is 0.480 e. The lowest BCUT2D eigenvalue weighted by Gasteiger charge is -2.24. The van der Waals surface area contributed by atoms with Crippen LogP contribution in [0.2, 0.25) is 0 Å². The molecule has 3 N–H and O–H groups in total. The fourth-order valence-electron chi connectivity index (χ4n) is 1.42. The smallest absolute Gasteiger partial charge is 0.323 e. The van der Waals surface area contributed by atoms with Crippen molar-refractivity contribution in [2.75, 3.05) is 13.1 Å². The van der Waals surface area contributed by atoms with E-state index in [-0.39, 0.29) is 6.04 Å². The van der Waals surface area contributed by atoms with E-state index in [0.29, 0.717) is 6.54 Å². The minimum Gasteiger partial charge on any atom is -0.480 e. The van der Waals surface area contributed by atoms with Gasteiger partial charge in [0.1, 0.15) is 0 Å². The molecule has 7 heteroatoms. The summed E-state index contributed by atoms with van der Waals surface area (Å²) in [6.45, 7) is 2.61. The van der Waals surface area contributed by atoms with E-state index in [9.17, 15) is 13.2 Å². The number of carboxylic acids is 1. The lowest BCUT2D eigenvalue weighted by molar-refractivity contribution is -0.136. The van der Waals surface area contributed by atoms with Crippen molar-refractivity contribution in [3.63, 3.8) is 0 Å². The summed E-state index contributed by atoms with van der Waals surface area (Å²) in [6.07, 6.45) is 1.65. The third-order valence-electron chi connectivity index (χ3n) is 2.44. The van der Waals surface area contributed by atoms with Crippen molar-refractivity contribution in [3.8, 4) is 0 Å². The highest BCUT2D eigenvalue weighted by molar-refractivity contribution is 7.90. The summed E-state index contributed by atoms with van der Waals surface area (Å²) >= 11 is 0. The fourth-order valence-corrected chi connectivity index (χ4v) is 2.55. The van der Waals surface area contributed by atoms with Gasteiger partial charge in [0.2, 0.25) is 10.0 Å². The Kier molecular flexibility index (Phi) is 4.06. The van der Waals surface area contributed by atoms with Crippen LogP contribution in [0.3, 0.4) is 0 Å². The van der Waals surface area contributed by atoms with E-state index in [1.807, 2.05) is 0 Å². The number of hydrogen-bond acceptors (Lipinski definition) is 4. The highest BCUT2D eigenvalue weighted by Crippen LogP contribution is 2.06. The van der Waals surface area contributed by atoms with E-state index in [1.54, 1.807) is 0 Å². The van der Waals surface area contributed by atoms with Gasteiger partial charge >= 0.3 is 5.97 Å². The van der Waals surface area contributed by atoms with Crippen LogP contribution in [0.5, 0.6) is 0 Å². The molecule has 0 spiro atoms. The van der Waals surface area contributed by atoms with Crippen LogP contribution in [-0.4, -0.2) is 43.9 Å². The highest BCUT2D eigenvalue weighted by Gasteiger charge is 2.30. The Labute approximate surface area is 89.1 Å². The highest BCUT2D eigenvalue weighted by atomic mass is 32.2. The zero-order valence-corrected chi connectivity index (χ0v) is 9.38. The molecule has 0 radical (unpaired) electrons. The molecule has 1 aliphatic heterocycles. The third kappa shape index (κ3) is 3.44. The Morgan fingerprint density at radius 1 is 1.60 bits per heavy atom. The Morgan fingerprint density at radius 3 is 2.73 bits per heavy atom. The predicted molar refractivity (Wildman–Crippen MR) is 55.0 cm³/mol. The van der Waals surface area contributed by atoms with Crippen molar-refractivity contribution < 1.29 is 18.3 Å². The zero-order chi connectivity index (χ0) is 11.5. The lowest BCUT2D eigenvalue weighted by atomic mass is 10.1. The maximum absolute atomic E-state index is 11.5. The monoisotopic (exact) mass is 236 g/mol. The first kappa shape index (κ1) is 12.4. The SMILES string of the molecule is CC(C(=O)O)S(=O)(=O)NC1CCCNC1. The van der Waals surface area contributed by atoms with Crippen LogP contribution in [0, 0.1) is 0 Å². The summed E-state index contributed by atoms with van der Waals surface area (Å²) in [7, 11) is -3.75. The maximum atomic E-state index is 11.5. The van der Waals surface area contributed by atoms with Crippen LogP contribution >= 0.6 is 0 Å². The molecule has 1 heterocycles. The second-order valence-electron chi connectivity index (χ2n) is 3.69. The first-order valence-corrected chi connectivity index (χ1v) is 6.43. The number of nitrogens with one attached hydrogen (secondary N) is 2. The summed E-state index contributed by atoms with van der Waals surface area (Å²) in [4.78, 5) is 10.6. The average molecular weight is 236 g/mol. The van der Waals surface area contributed by atoms with Crippen LogP contribution in [0.15, 0.2) is 0 Å². The van der Waals surface area contributed by atoms with Crippen LogP contribution in [0.25, 0.3) is 0 Å². The fraction of sp³-hybridized carbons (Fsp3) is 0.875. The number of sulfonamides is 1. The number of aliphatic carboxylic acids is 1. The first-order chi connectivity index (χ1) is 6.93. The second-order valence-corrected chi connectivity index (χ2v) is 5.72. The minimum atomic E-state index is -3.75. The molecule has 0 aromatic rings. The van der Waals surface area contributed by atoms with Gasteiger partial charge in [-0.05, 0) is 26.3 Å². The van der Waals surface area contributed by atoms with E-state index >= 15 is 0 Å². The van der Waals surface area contributed by atoms with Gasteiger partial charge in [0.15, 0.2) is 5.25 Å². The van der Waals surface area contributed by atoms with Crippen molar-refractivity contribution in [3.05, 3.63) is 0 Å². The number of carbonyl (C=O) groups is 1. The molecule has 1 fully saturated rings. The van der Waals surface area contributed by atoms with E-state index in [2.05, 4.69) is 10.0 Å². The molecule has 0 bridgehead atoms. The molecular formula is C8H16N2O4S. The van der Waals surface area contributed by atoms with Gasteiger partial charge in [-0.1, -0.05) is 0 Å². The number of hydrogen-bond donors (Lipinski definition) is 3. The molecule has 0 amide bonds. The predicted octanol–water partition coefficient (Wildman–Crippen LogP) is -0.869. The Hall–Kier alpha value is -0.660. The Bertz CT molecular complexity index is 322. The van der Waals surface area contributed by atoms with Crippen LogP contribution in [0.1, 0.15) is 19.8 Å². The normalized spacial score (nSPS) is 24.7. The Morgan fingerprint density at radius 2 is 2.27 bits per heavy atom.